The molecule has 0 saturated carbocycles. The summed E-state index contributed by atoms with van der Waals surface area (Å²) in [5, 5.41) is 1.03. The van der Waals surface area contributed by atoms with Gasteiger partial charge in [-0.05, 0) is 30.7 Å². The summed E-state index contributed by atoms with van der Waals surface area (Å²) in [6.45, 7) is 9.92. The van der Waals surface area contributed by atoms with Gasteiger partial charge in [-0.15, -0.1) is 11.3 Å². The second kappa shape index (κ2) is 6.58. The number of hydrogen-bond donors (Lipinski definition) is 1. The molecule has 0 atom stereocenters. The third-order valence-corrected chi connectivity index (χ3v) is 4.29. The molecule has 21 heavy (non-hydrogen) atoms. The molecule has 2 N–H and O–H groups in total. The highest BCUT2D eigenvalue weighted by molar-refractivity contribution is 7.15. The molecule has 3 nitrogen and oxygen atoms in total. The van der Waals surface area contributed by atoms with Gasteiger partial charge >= 0.3 is 0 Å². The molecule has 114 valence electrons. The van der Waals surface area contributed by atoms with E-state index in [2.05, 4.69) is 39.8 Å². The quantitative estimate of drug-likeness (QED) is 0.893. The molecule has 2 rings (SSSR count). The van der Waals surface area contributed by atoms with E-state index in [1.54, 1.807) is 11.3 Å². The van der Waals surface area contributed by atoms with Crippen molar-refractivity contribution in [2.75, 3.05) is 6.61 Å². The molecule has 0 aliphatic rings. The summed E-state index contributed by atoms with van der Waals surface area (Å²) >= 11 is 1.69. The maximum Gasteiger partial charge on any atom is 0.123 e. The van der Waals surface area contributed by atoms with Gasteiger partial charge in [0, 0.05) is 22.4 Å². The topological polar surface area (TPSA) is 48.1 Å². The van der Waals surface area contributed by atoms with Gasteiger partial charge in [-0.2, -0.15) is 0 Å². The van der Waals surface area contributed by atoms with Crippen LogP contribution in [0.2, 0.25) is 0 Å². The number of nitrogens with two attached hydrogens (primary N) is 1. The summed E-state index contributed by atoms with van der Waals surface area (Å²) in [6, 6.07) is 8.14. The normalized spacial score (nSPS) is 11.7. The van der Waals surface area contributed by atoms with Crippen molar-refractivity contribution in [3.63, 3.8) is 0 Å². The fourth-order valence-corrected chi connectivity index (χ4v) is 3.27. The Morgan fingerprint density at radius 3 is 2.33 bits per heavy atom. The number of ether oxygens (including phenoxy) is 1. The molecule has 1 aromatic carbocycles. The van der Waals surface area contributed by atoms with Crippen molar-refractivity contribution >= 4 is 11.3 Å². The molecule has 2 aromatic rings. The molecule has 1 heterocycles. The van der Waals surface area contributed by atoms with E-state index in [1.165, 1.54) is 4.88 Å². The molecule has 4 heteroatoms. The number of thiazole rings is 1. The molecule has 1 aromatic heterocycles. The lowest BCUT2D eigenvalue weighted by Gasteiger charge is -2.16. The van der Waals surface area contributed by atoms with E-state index in [1.807, 2.05) is 12.1 Å². The van der Waals surface area contributed by atoms with Crippen LogP contribution < -0.4 is 10.5 Å². The van der Waals surface area contributed by atoms with Crippen LogP contribution in [0.15, 0.2) is 24.3 Å². The number of benzene rings is 1. The Hall–Kier alpha value is -1.39. The minimum Gasteiger partial charge on any atom is -0.494 e. The Balaban J connectivity index is 2.28. The Morgan fingerprint density at radius 1 is 1.19 bits per heavy atom. The molecule has 0 aliphatic heterocycles. The summed E-state index contributed by atoms with van der Waals surface area (Å²) in [5.74, 6) is 0.909. The van der Waals surface area contributed by atoms with Crippen molar-refractivity contribution in [3.05, 3.63) is 34.8 Å². The van der Waals surface area contributed by atoms with Gasteiger partial charge in [0.25, 0.3) is 0 Å². The summed E-state index contributed by atoms with van der Waals surface area (Å²) in [7, 11) is 0. The fourth-order valence-electron chi connectivity index (χ4n) is 2.11. The smallest absolute Gasteiger partial charge is 0.123 e. The van der Waals surface area contributed by atoms with Crippen molar-refractivity contribution in [2.45, 2.75) is 46.1 Å². The van der Waals surface area contributed by atoms with Crippen molar-refractivity contribution in [2.24, 2.45) is 5.73 Å². The van der Waals surface area contributed by atoms with Gasteiger partial charge in [0.1, 0.15) is 10.8 Å². The zero-order valence-electron chi connectivity index (χ0n) is 13.3. The van der Waals surface area contributed by atoms with Crippen LogP contribution in [-0.4, -0.2) is 11.6 Å². The van der Waals surface area contributed by atoms with Crippen LogP contribution >= 0.6 is 11.3 Å². The number of rotatable bonds is 5. The first-order valence-corrected chi connectivity index (χ1v) is 8.21. The Morgan fingerprint density at radius 2 is 1.86 bits per heavy atom. The highest BCUT2D eigenvalue weighted by atomic mass is 32.1. The third-order valence-electron chi connectivity index (χ3n) is 3.17. The van der Waals surface area contributed by atoms with E-state index in [9.17, 15) is 0 Å². The van der Waals surface area contributed by atoms with Gasteiger partial charge in [-0.3, -0.25) is 0 Å². The van der Waals surface area contributed by atoms with E-state index in [4.69, 9.17) is 15.5 Å². The van der Waals surface area contributed by atoms with Crippen LogP contribution in [0.5, 0.6) is 5.75 Å². The number of aromatic nitrogens is 1. The molecule has 0 spiro atoms. The Labute approximate surface area is 131 Å². The van der Waals surface area contributed by atoms with Crippen molar-refractivity contribution in [1.29, 1.82) is 0 Å². The molecule has 0 saturated heterocycles. The summed E-state index contributed by atoms with van der Waals surface area (Å²) in [4.78, 5) is 5.98. The lowest BCUT2D eigenvalue weighted by Crippen LogP contribution is -2.15. The Bertz CT molecular complexity index is 582. The second-order valence-corrected chi connectivity index (χ2v) is 7.20. The van der Waals surface area contributed by atoms with E-state index >= 15 is 0 Å². The van der Waals surface area contributed by atoms with Gasteiger partial charge in [0.2, 0.25) is 0 Å². The average Bonchev–Trinajstić information content (AvgIpc) is 2.90. The molecular formula is C17H24N2OS. The minimum atomic E-state index is 0.0215. The first-order chi connectivity index (χ1) is 9.95. The van der Waals surface area contributed by atoms with Gasteiger partial charge in [-0.1, -0.05) is 27.7 Å². The predicted molar refractivity (Wildman–Crippen MR) is 89.9 cm³/mol. The summed E-state index contributed by atoms with van der Waals surface area (Å²) in [5.41, 5.74) is 8.12. The van der Waals surface area contributed by atoms with Gasteiger partial charge in [0.05, 0.1) is 12.3 Å². The monoisotopic (exact) mass is 304 g/mol. The van der Waals surface area contributed by atoms with Crippen LogP contribution in [0.1, 0.15) is 44.7 Å². The zero-order chi connectivity index (χ0) is 15.5. The fraction of sp³-hybridized carbons (Fsp3) is 0.471. The van der Waals surface area contributed by atoms with Crippen LogP contribution in [0.3, 0.4) is 0 Å². The van der Waals surface area contributed by atoms with Crippen LogP contribution in [0.4, 0.5) is 0 Å². The second-order valence-electron chi connectivity index (χ2n) is 6.12. The van der Waals surface area contributed by atoms with E-state index in [-0.39, 0.29) is 5.41 Å². The van der Waals surface area contributed by atoms with Gasteiger partial charge in [-0.25, -0.2) is 4.98 Å². The lowest BCUT2D eigenvalue weighted by molar-refractivity contribution is 0.317. The zero-order valence-corrected chi connectivity index (χ0v) is 14.1. The maximum atomic E-state index is 5.87. The molecule has 0 aliphatic carbocycles. The summed E-state index contributed by atoms with van der Waals surface area (Å²) < 4.78 is 5.61. The molecular weight excluding hydrogens is 280 g/mol. The van der Waals surface area contributed by atoms with E-state index < -0.39 is 0 Å². The molecule has 0 amide bonds. The standard InChI is InChI=1S/C17H24N2OS/c1-5-10-20-13-8-6-12(7-9-13)16-19-15(17(2,3)4)14(11-18)21-16/h6-9H,5,10-11,18H2,1-4H3. The lowest BCUT2D eigenvalue weighted by atomic mass is 9.91. The molecule has 0 radical (unpaired) electrons. The van der Waals surface area contributed by atoms with Crippen molar-refractivity contribution in [1.82, 2.24) is 4.98 Å². The first kappa shape index (κ1) is 16.0. The number of hydrogen-bond acceptors (Lipinski definition) is 4. The minimum absolute atomic E-state index is 0.0215. The average molecular weight is 304 g/mol. The Kier molecular flexibility index (Phi) is 5.01. The predicted octanol–water partition coefficient (Wildman–Crippen LogP) is 4.36. The number of nitrogens with zero attached hydrogens (tertiary/aromatic N) is 1. The highest BCUT2D eigenvalue weighted by Crippen LogP contribution is 2.34. The van der Waals surface area contributed by atoms with E-state index in [0.717, 1.165) is 35.0 Å². The highest BCUT2D eigenvalue weighted by Gasteiger charge is 2.22. The van der Waals surface area contributed by atoms with Crippen molar-refractivity contribution < 1.29 is 4.74 Å². The van der Waals surface area contributed by atoms with E-state index in [0.29, 0.717) is 6.54 Å². The third kappa shape index (κ3) is 3.83. The first-order valence-electron chi connectivity index (χ1n) is 7.39. The van der Waals surface area contributed by atoms with Crippen molar-refractivity contribution in [3.8, 4) is 16.3 Å². The molecule has 0 unspecified atom stereocenters. The van der Waals surface area contributed by atoms with Gasteiger partial charge in [0.15, 0.2) is 0 Å². The maximum absolute atomic E-state index is 5.87. The molecule has 0 fully saturated rings. The van der Waals surface area contributed by atoms with Crippen LogP contribution in [0, 0.1) is 0 Å². The SMILES string of the molecule is CCCOc1ccc(-c2nc(C(C)(C)C)c(CN)s2)cc1. The van der Waals surface area contributed by atoms with Crippen LogP contribution in [0.25, 0.3) is 10.6 Å². The summed E-state index contributed by atoms with van der Waals surface area (Å²) in [6.07, 6.45) is 1.02. The molecule has 0 bridgehead atoms. The van der Waals surface area contributed by atoms with Gasteiger partial charge < -0.3 is 10.5 Å². The van der Waals surface area contributed by atoms with Crippen LogP contribution in [-0.2, 0) is 12.0 Å². The largest absolute Gasteiger partial charge is 0.494 e.